The highest BCUT2D eigenvalue weighted by atomic mass is 16.5. The molecule has 6 nitrogen and oxygen atoms in total. The van der Waals surface area contributed by atoms with E-state index in [4.69, 9.17) is 9.84 Å². The van der Waals surface area contributed by atoms with Crippen LogP contribution in [0.15, 0.2) is 54.7 Å². The second kappa shape index (κ2) is 10.6. The molecule has 34 heavy (non-hydrogen) atoms. The Morgan fingerprint density at radius 1 is 1.15 bits per heavy atom. The fraction of sp³-hybridized carbons (Fsp3) is 0.357. The zero-order valence-corrected chi connectivity index (χ0v) is 20.0. The van der Waals surface area contributed by atoms with Crippen LogP contribution < -0.4 is 4.74 Å². The Labute approximate surface area is 201 Å². The molecule has 0 amide bonds. The standard InChI is InChI=1S/C28H31N3O3/c1-4-6-24(14-28(32)33)23-9-11-26(12-10-23)34-19-22-8-5-7-21(13-22)16-30-17-25-15-29-31(20(2)3)27(25)18-30/h5,7-13,15,20,24H,14,16-19H2,1-3H3,(H,32,33)/t24-/m0/s1. The van der Waals surface area contributed by atoms with Crippen molar-refractivity contribution >= 4 is 5.97 Å². The van der Waals surface area contributed by atoms with Crippen LogP contribution in [0.4, 0.5) is 0 Å². The minimum absolute atomic E-state index is 0.00827. The number of aromatic nitrogens is 2. The lowest BCUT2D eigenvalue weighted by Crippen LogP contribution is -2.18. The van der Waals surface area contributed by atoms with Gasteiger partial charge in [0.15, 0.2) is 0 Å². The zero-order valence-electron chi connectivity index (χ0n) is 20.0. The third-order valence-electron chi connectivity index (χ3n) is 6.02. The van der Waals surface area contributed by atoms with Crippen molar-refractivity contribution in [1.29, 1.82) is 0 Å². The number of benzene rings is 2. The molecule has 0 radical (unpaired) electrons. The first-order valence-electron chi connectivity index (χ1n) is 11.6. The molecule has 6 heteroatoms. The molecule has 4 rings (SSSR count). The van der Waals surface area contributed by atoms with E-state index in [1.54, 1.807) is 6.92 Å². The van der Waals surface area contributed by atoms with Crippen molar-refractivity contribution < 1.29 is 14.6 Å². The van der Waals surface area contributed by atoms with Gasteiger partial charge in [0.25, 0.3) is 0 Å². The molecular weight excluding hydrogens is 426 g/mol. The third kappa shape index (κ3) is 5.67. The molecule has 0 saturated heterocycles. The molecule has 1 atom stereocenters. The Hall–Kier alpha value is -3.56. The number of hydrogen-bond acceptors (Lipinski definition) is 4. The van der Waals surface area contributed by atoms with Crippen LogP contribution in [0.2, 0.25) is 0 Å². The Morgan fingerprint density at radius 2 is 1.91 bits per heavy atom. The topological polar surface area (TPSA) is 67.6 Å². The lowest BCUT2D eigenvalue weighted by atomic mass is 9.96. The second-order valence-corrected chi connectivity index (χ2v) is 9.02. The maximum absolute atomic E-state index is 11.1. The molecule has 1 N–H and O–H groups in total. The summed E-state index contributed by atoms with van der Waals surface area (Å²) in [6.07, 6.45) is 2.00. The molecule has 0 fully saturated rings. The lowest BCUT2D eigenvalue weighted by molar-refractivity contribution is -0.137. The van der Waals surface area contributed by atoms with Gasteiger partial charge in [-0.05, 0) is 49.6 Å². The van der Waals surface area contributed by atoms with Crippen LogP contribution in [0.5, 0.6) is 5.75 Å². The van der Waals surface area contributed by atoms with Crippen molar-refractivity contribution in [2.24, 2.45) is 0 Å². The van der Waals surface area contributed by atoms with Gasteiger partial charge in [0.05, 0.1) is 24.2 Å². The molecule has 1 aliphatic heterocycles. The number of nitrogens with zero attached hydrogens (tertiary/aromatic N) is 3. The highest BCUT2D eigenvalue weighted by Crippen LogP contribution is 2.27. The first kappa shape index (κ1) is 23.6. The fourth-order valence-corrected chi connectivity index (χ4v) is 4.43. The van der Waals surface area contributed by atoms with Crippen LogP contribution in [0.1, 0.15) is 67.1 Å². The van der Waals surface area contributed by atoms with Crippen LogP contribution in [0.3, 0.4) is 0 Å². The molecule has 2 heterocycles. The quantitative estimate of drug-likeness (QED) is 0.451. The Kier molecular flexibility index (Phi) is 7.34. The van der Waals surface area contributed by atoms with Crippen molar-refractivity contribution in [3.63, 3.8) is 0 Å². The van der Waals surface area contributed by atoms with E-state index in [0.29, 0.717) is 12.6 Å². The van der Waals surface area contributed by atoms with Gasteiger partial charge in [-0.3, -0.25) is 14.4 Å². The van der Waals surface area contributed by atoms with E-state index in [-0.39, 0.29) is 12.3 Å². The number of carbonyl (C=O) groups is 1. The Bertz CT molecular complexity index is 1200. The van der Waals surface area contributed by atoms with E-state index >= 15 is 0 Å². The molecule has 3 aromatic rings. The van der Waals surface area contributed by atoms with Crippen LogP contribution in [-0.4, -0.2) is 25.8 Å². The summed E-state index contributed by atoms with van der Waals surface area (Å²) in [5.41, 5.74) is 5.92. The first-order valence-corrected chi connectivity index (χ1v) is 11.6. The van der Waals surface area contributed by atoms with E-state index in [1.807, 2.05) is 30.5 Å². The summed E-state index contributed by atoms with van der Waals surface area (Å²) in [5.74, 6) is 5.38. The molecule has 1 aromatic heterocycles. The fourth-order valence-electron chi connectivity index (χ4n) is 4.43. The summed E-state index contributed by atoms with van der Waals surface area (Å²) in [7, 11) is 0. The lowest BCUT2D eigenvalue weighted by Gasteiger charge is -2.17. The highest BCUT2D eigenvalue weighted by molar-refractivity contribution is 5.69. The monoisotopic (exact) mass is 457 g/mol. The van der Waals surface area contributed by atoms with Crippen LogP contribution in [0.25, 0.3) is 0 Å². The van der Waals surface area contributed by atoms with Gasteiger partial charge < -0.3 is 9.84 Å². The Morgan fingerprint density at radius 3 is 2.62 bits per heavy atom. The van der Waals surface area contributed by atoms with E-state index in [9.17, 15) is 4.79 Å². The number of fused-ring (bicyclic) bond motifs is 1. The number of ether oxygens (including phenoxy) is 1. The SMILES string of the molecule is CC#C[C@@H](CC(=O)O)c1ccc(OCc2cccc(CN3Cc4cnn(C(C)C)c4C3)c2)cc1. The Balaban J connectivity index is 1.34. The summed E-state index contributed by atoms with van der Waals surface area (Å²) >= 11 is 0. The maximum Gasteiger partial charge on any atom is 0.304 e. The van der Waals surface area contributed by atoms with Crippen molar-refractivity contribution in [3.05, 3.63) is 82.7 Å². The second-order valence-electron chi connectivity index (χ2n) is 9.02. The normalized spacial score (nSPS) is 13.9. The molecule has 2 aromatic carbocycles. The zero-order chi connectivity index (χ0) is 24.1. The van der Waals surface area contributed by atoms with Gasteiger partial charge in [0.2, 0.25) is 0 Å². The summed E-state index contributed by atoms with van der Waals surface area (Å²) < 4.78 is 8.12. The highest BCUT2D eigenvalue weighted by Gasteiger charge is 2.24. The molecule has 176 valence electrons. The number of aliphatic carboxylic acids is 1. The predicted molar refractivity (Wildman–Crippen MR) is 131 cm³/mol. The van der Waals surface area contributed by atoms with Crippen molar-refractivity contribution in [2.45, 2.75) is 65.4 Å². The van der Waals surface area contributed by atoms with Crippen LogP contribution >= 0.6 is 0 Å². The van der Waals surface area contributed by atoms with Gasteiger partial charge in [-0.2, -0.15) is 5.10 Å². The summed E-state index contributed by atoms with van der Waals surface area (Å²) in [6, 6.07) is 16.4. The number of carboxylic acids is 1. The minimum Gasteiger partial charge on any atom is -0.489 e. The third-order valence-corrected chi connectivity index (χ3v) is 6.02. The average Bonchev–Trinajstić information content (AvgIpc) is 3.38. The van der Waals surface area contributed by atoms with Gasteiger partial charge in [-0.15, -0.1) is 5.92 Å². The molecule has 0 spiro atoms. The van der Waals surface area contributed by atoms with Gasteiger partial charge in [0, 0.05) is 31.2 Å². The molecule has 0 aliphatic carbocycles. The van der Waals surface area contributed by atoms with E-state index < -0.39 is 5.97 Å². The van der Waals surface area contributed by atoms with Crippen molar-refractivity contribution in [3.8, 4) is 17.6 Å². The average molecular weight is 458 g/mol. The van der Waals surface area contributed by atoms with E-state index in [1.165, 1.54) is 16.8 Å². The molecule has 1 aliphatic rings. The largest absolute Gasteiger partial charge is 0.489 e. The number of rotatable bonds is 9. The maximum atomic E-state index is 11.1. The van der Waals surface area contributed by atoms with Crippen molar-refractivity contribution in [1.82, 2.24) is 14.7 Å². The minimum atomic E-state index is -0.854. The molecule has 0 saturated carbocycles. The van der Waals surface area contributed by atoms with Gasteiger partial charge in [0.1, 0.15) is 12.4 Å². The van der Waals surface area contributed by atoms with Crippen LogP contribution in [-0.2, 0) is 31.0 Å². The molecular formula is C28H31N3O3. The molecule has 0 unspecified atom stereocenters. The summed E-state index contributed by atoms with van der Waals surface area (Å²) in [5, 5.41) is 13.6. The van der Waals surface area contributed by atoms with Gasteiger partial charge >= 0.3 is 5.97 Å². The summed E-state index contributed by atoms with van der Waals surface area (Å²) in [4.78, 5) is 13.5. The van der Waals surface area contributed by atoms with E-state index in [2.05, 4.69) is 64.6 Å². The predicted octanol–water partition coefficient (Wildman–Crippen LogP) is 5.14. The van der Waals surface area contributed by atoms with Gasteiger partial charge in [-0.25, -0.2) is 0 Å². The van der Waals surface area contributed by atoms with Crippen molar-refractivity contribution in [2.75, 3.05) is 0 Å². The first-order chi connectivity index (χ1) is 16.4. The smallest absolute Gasteiger partial charge is 0.304 e. The number of hydrogen-bond donors (Lipinski definition) is 1. The van der Waals surface area contributed by atoms with E-state index in [0.717, 1.165) is 36.5 Å². The van der Waals surface area contributed by atoms with Crippen LogP contribution in [0, 0.1) is 11.8 Å². The summed E-state index contributed by atoms with van der Waals surface area (Å²) in [6.45, 7) is 9.28. The van der Waals surface area contributed by atoms with Gasteiger partial charge in [-0.1, -0.05) is 42.3 Å². The molecule has 0 bridgehead atoms. The number of carboxylic acid groups (broad SMARTS) is 1.